The van der Waals surface area contributed by atoms with Gasteiger partial charge in [0.05, 0.1) is 0 Å². The molecule has 18 heavy (non-hydrogen) atoms. The SMILES string of the molecule is CCC1(C)C(NC)CC1Oc1cccc(F)c1F. The van der Waals surface area contributed by atoms with E-state index >= 15 is 0 Å². The smallest absolute Gasteiger partial charge is 0.200 e. The molecule has 100 valence electrons. The Labute approximate surface area is 106 Å². The van der Waals surface area contributed by atoms with Gasteiger partial charge in [0, 0.05) is 17.9 Å². The molecule has 0 heterocycles. The van der Waals surface area contributed by atoms with Gasteiger partial charge in [-0.25, -0.2) is 4.39 Å². The van der Waals surface area contributed by atoms with E-state index in [0.717, 1.165) is 18.9 Å². The number of rotatable bonds is 4. The van der Waals surface area contributed by atoms with Crippen LogP contribution in [-0.2, 0) is 0 Å². The number of ether oxygens (including phenoxy) is 1. The molecule has 2 rings (SSSR count). The summed E-state index contributed by atoms with van der Waals surface area (Å²) in [6.45, 7) is 4.20. The molecule has 0 aliphatic heterocycles. The number of hydrogen-bond acceptors (Lipinski definition) is 2. The van der Waals surface area contributed by atoms with Gasteiger partial charge in [0.1, 0.15) is 6.10 Å². The van der Waals surface area contributed by atoms with Crippen LogP contribution in [0.2, 0.25) is 0 Å². The van der Waals surface area contributed by atoms with Crippen molar-refractivity contribution in [3.05, 3.63) is 29.8 Å². The zero-order valence-electron chi connectivity index (χ0n) is 11.0. The topological polar surface area (TPSA) is 21.3 Å². The van der Waals surface area contributed by atoms with Gasteiger partial charge in [-0.3, -0.25) is 0 Å². The Kier molecular flexibility index (Phi) is 3.57. The van der Waals surface area contributed by atoms with Crippen LogP contribution in [0.25, 0.3) is 0 Å². The largest absolute Gasteiger partial charge is 0.487 e. The normalized spacial score (nSPS) is 30.9. The molecule has 1 aromatic rings. The molecular formula is C14H19F2NO. The second-order valence-corrected chi connectivity index (χ2v) is 5.09. The molecule has 0 radical (unpaired) electrons. The monoisotopic (exact) mass is 255 g/mol. The maximum absolute atomic E-state index is 13.5. The highest BCUT2D eigenvalue weighted by molar-refractivity contribution is 5.26. The molecule has 1 aliphatic carbocycles. The van der Waals surface area contributed by atoms with Crippen LogP contribution in [0.15, 0.2) is 18.2 Å². The average Bonchev–Trinajstić information content (AvgIpc) is 2.37. The standard InChI is InChI=1S/C14H19F2NO/c1-4-14(2)11(17-3)8-12(14)18-10-7-5-6-9(15)13(10)16/h5-7,11-12,17H,4,8H2,1-3H3. The first-order valence-corrected chi connectivity index (χ1v) is 6.30. The molecule has 1 aliphatic rings. The van der Waals surface area contributed by atoms with Gasteiger partial charge in [-0.1, -0.05) is 19.9 Å². The van der Waals surface area contributed by atoms with E-state index in [0.29, 0.717) is 6.04 Å². The minimum Gasteiger partial charge on any atom is -0.487 e. The van der Waals surface area contributed by atoms with Gasteiger partial charge in [-0.05, 0) is 25.6 Å². The van der Waals surface area contributed by atoms with E-state index in [1.807, 2.05) is 7.05 Å². The number of halogens is 2. The highest BCUT2D eigenvalue weighted by Gasteiger charge is 2.51. The summed E-state index contributed by atoms with van der Waals surface area (Å²) in [4.78, 5) is 0. The van der Waals surface area contributed by atoms with Crippen molar-refractivity contribution in [1.29, 1.82) is 0 Å². The van der Waals surface area contributed by atoms with Crippen molar-refractivity contribution in [2.45, 2.75) is 38.8 Å². The van der Waals surface area contributed by atoms with Crippen LogP contribution >= 0.6 is 0 Å². The van der Waals surface area contributed by atoms with E-state index in [4.69, 9.17) is 4.74 Å². The van der Waals surface area contributed by atoms with Crippen LogP contribution in [-0.4, -0.2) is 19.2 Å². The highest BCUT2D eigenvalue weighted by atomic mass is 19.2. The van der Waals surface area contributed by atoms with Crippen molar-refractivity contribution in [3.63, 3.8) is 0 Å². The zero-order valence-corrected chi connectivity index (χ0v) is 11.0. The van der Waals surface area contributed by atoms with E-state index in [1.54, 1.807) is 0 Å². The molecule has 0 spiro atoms. The molecule has 0 aromatic heterocycles. The molecular weight excluding hydrogens is 236 g/mol. The minimum absolute atomic E-state index is 0.00854. The molecule has 1 saturated carbocycles. The van der Waals surface area contributed by atoms with Crippen LogP contribution in [0.1, 0.15) is 26.7 Å². The van der Waals surface area contributed by atoms with Crippen molar-refractivity contribution in [2.75, 3.05) is 7.05 Å². The summed E-state index contributed by atoms with van der Waals surface area (Å²) < 4.78 is 32.3. The highest BCUT2D eigenvalue weighted by Crippen LogP contribution is 2.46. The predicted molar refractivity (Wildman–Crippen MR) is 66.6 cm³/mol. The van der Waals surface area contributed by atoms with Gasteiger partial charge >= 0.3 is 0 Å². The molecule has 1 fully saturated rings. The van der Waals surface area contributed by atoms with Crippen LogP contribution in [0.5, 0.6) is 5.75 Å². The second kappa shape index (κ2) is 4.84. The third kappa shape index (κ3) is 1.99. The molecule has 0 saturated heterocycles. The minimum atomic E-state index is -0.899. The van der Waals surface area contributed by atoms with Crippen molar-refractivity contribution in [1.82, 2.24) is 5.32 Å². The molecule has 2 nitrogen and oxygen atoms in total. The maximum Gasteiger partial charge on any atom is 0.200 e. The number of nitrogens with one attached hydrogen (secondary N) is 1. The van der Waals surface area contributed by atoms with Crippen LogP contribution < -0.4 is 10.1 Å². The predicted octanol–water partition coefficient (Wildman–Crippen LogP) is 3.12. The first-order chi connectivity index (χ1) is 8.52. The van der Waals surface area contributed by atoms with E-state index in [1.165, 1.54) is 12.1 Å². The van der Waals surface area contributed by atoms with E-state index in [9.17, 15) is 8.78 Å². The summed E-state index contributed by atoms with van der Waals surface area (Å²) in [5.74, 6) is -1.76. The molecule has 3 atom stereocenters. The Bertz CT molecular complexity index is 438. The fourth-order valence-corrected chi connectivity index (χ4v) is 2.65. The molecule has 1 N–H and O–H groups in total. The van der Waals surface area contributed by atoms with Gasteiger partial charge in [0.2, 0.25) is 5.82 Å². The van der Waals surface area contributed by atoms with Crippen molar-refractivity contribution in [3.8, 4) is 5.75 Å². The van der Waals surface area contributed by atoms with Crippen LogP contribution in [0.3, 0.4) is 0 Å². The summed E-state index contributed by atoms with van der Waals surface area (Å²) in [7, 11) is 1.91. The Morgan fingerprint density at radius 3 is 2.78 bits per heavy atom. The summed E-state index contributed by atoms with van der Waals surface area (Å²) in [5.41, 5.74) is -0.0342. The van der Waals surface area contributed by atoms with Gasteiger partial charge in [-0.15, -0.1) is 0 Å². The fraction of sp³-hybridized carbons (Fsp3) is 0.571. The Balaban J connectivity index is 2.14. The van der Waals surface area contributed by atoms with Gasteiger partial charge in [0.15, 0.2) is 11.6 Å². The number of benzene rings is 1. The summed E-state index contributed by atoms with van der Waals surface area (Å²) in [6.07, 6.45) is 1.67. The number of hydrogen-bond donors (Lipinski definition) is 1. The summed E-state index contributed by atoms with van der Waals surface area (Å²) in [6, 6.07) is 4.40. The van der Waals surface area contributed by atoms with Gasteiger partial charge in [-0.2, -0.15) is 4.39 Å². The average molecular weight is 255 g/mol. The molecule has 3 unspecified atom stereocenters. The van der Waals surface area contributed by atoms with E-state index < -0.39 is 11.6 Å². The van der Waals surface area contributed by atoms with Crippen molar-refractivity contribution < 1.29 is 13.5 Å². The van der Waals surface area contributed by atoms with E-state index in [2.05, 4.69) is 19.2 Å². The lowest BCUT2D eigenvalue weighted by Gasteiger charge is -2.53. The Morgan fingerprint density at radius 1 is 1.44 bits per heavy atom. The summed E-state index contributed by atoms with van der Waals surface area (Å²) in [5, 5.41) is 3.24. The second-order valence-electron chi connectivity index (χ2n) is 5.09. The van der Waals surface area contributed by atoms with Gasteiger partial charge < -0.3 is 10.1 Å². The van der Waals surface area contributed by atoms with Crippen LogP contribution in [0.4, 0.5) is 8.78 Å². The Morgan fingerprint density at radius 2 is 2.17 bits per heavy atom. The zero-order chi connectivity index (χ0) is 13.3. The first-order valence-electron chi connectivity index (χ1n) is 6.30. The van der Waals surface area contributed by atoms with Crippen molar-refractivity contribution >= 4 is 0 Å². The lowest BCUT2D eigenvalue weighted by molar-refractivity contribution is -0.0695. The quantitative estimate of drug-likeness (QED) is 0.892. The molecule has 4 heteroatoms. The lowest BCUT2D eigenvalue weighted by Crippen LogP contribution is -2.62. The van der Waals surface area contributed by atoms with E-state index in [-0.39, 0.29) is 17.3 Å². The molecule has 1 aromatic carbocycles. The maximum atomic E-state index is 13.5. The third-order valence-corrected chi connectivity index (χ3v) is 4.28. The third-order valence-electron chi connectivity index (χ3n) is 4.28. The Hall–Kier alpha value is -1.16. The van der Waals surface area contributed by atoms with Crippen LogP contribution in [0, 0.1) is 17.0 Å². The lowest BCUT2D eigenvalue weighted by atomic mass is 9.61. The summed E-state index contributed by atoms with van der Waals surface area (Å²) >= 11 is 0. The van der Waals surface area contributed by atoms with Crippen molar-refractivity contribution in [2.24, 2.45) is 5.41 Å². The molecule has 0 amide bonds. The van der Waals surface area contributed by atoms with Gasteiger partial charge in [0.25, 0.3) is 0 Å². The first kappa shape index (κ1) is 13.3. The molecule has 0 bridgehead atoms. The fourth-order valence-electron chi connectivity index (χ4n) is 2.65.